The highest BCUT2D eigenvalue weighted by Crippen LogP contribution is 2.50. The normalized spacial score (nSPS) is 19.8. The van der Waals surface area contributed by atoms with Crippen LogP contribution in [0, 0.1) is 11.7 Å². The fraction of sp³-hybridized carbons (Fsp3) is 0.235. The van der Waals surface area contributed by atoms with E-state index >= 15 is 0 Å². The number of nitrogens with one attached hydrogen (secondary N) is 1. The van der Waals surface area contributed by atoms with Gasteiger partial charge in [-0.2, -0.15) is 0 Å². The van der Waals surface area contributed by atoms with Crippen molar-refractivity contribution in [2.24, 2.45) is 5.92 Å². The predicted molar refractivity (Wildman–Crippen MR) is 90.4 cm³/mol. The first kappa shape index (κ1) is 16.9. The molecule has 1 N–H and O–H groups in total. The van der Waals surface area contributed by atoms with E-state index in [0.29, 0.717) is 11.4 Å². The Kier molecular flexibility index (Phi) is 4.36. The molecule has 0 bridgehead atoms. The topological polar surface area (TPSA) is 63.2 Å². The van der Waals surface area contributed by atoms with Crippen molar-refractivity contribution in [1.82, 2.24) is 0 Å². The van der Waals surface area contributed by atoms with Crippen molar-refractivity contribution in [2.75, 3.05) is 11.6 Å². The molecule has 126 valence electrons. The lowest BCUT2D eigenvalue weighted by Gasteiger charge is -2.08. The summed E-state index contributed by atoms with van der Waals surface area (Å²) in [5, 5.41) is 3.08. The standard InChI is InChI=1S/C17H15ClFNO3S/c1-24(22,23)10-6-7-15(19)16(8-10)20-17(21)13-9-12(13)11-4-2-3-5-14(11)18/h2-8,12-13H,9H2,1H3,(H,20,21). The molecular weight excluding hydrogens is 353 g/mol. The van der Waals surface area contributed by atoms with Crippen molar-refractivity contribution in [3.05, 3.63) is 58.9 Å². The summed E-state index contributed by atoms with van der Waals surface area (Å²) in [6.45, 7) is 0. The Hall–Kier alpha value is -1.92. The Morgan fingerprint density at radius 2 is 1.96 bits per heavy atom. The average molecular weight is 368 g/mol. The van der Waals surface area contributed by atoms with Gasteiger partial charge in [0.25, 0.3) is 0 Å². The second kappa shape index (κ2) is 6.18. The van der Waals surface area contributed by atoms with Crippen LogP contribution in [-0.4, -0.2) is 20.6 Å². The number of hydrogen-bond acceptors (Lipinski definition) is 3. The van der Waals surface area contributed by atoms with Gasteiger partial charge in [-0.05, 0) is 42.2 Å². The lowest BCUT2D eigenvalue weighted by molar-refractivity contribution is -0.117. The van der Waals surface area contributed by atoms with Gasteiger partial charge in [-0.1, -0.05) is 29.8 Å². The van der Waals surface area contributed by atoms with Gasteiger partial charge in [0.2, 0.25) is 5.91 Å². The molecule has 0 saturated heterocycles. The highest BCUT2D eigenvalue weighted by molar-refractivity contribution is 7.90. The number of rotatable bonds is 4. The fourth-order valence-electron chi connectivity index (χ4n) is 2.66. The molecule has 7 heteroatoms. The number of anilines is 1. The van der Waals surface area contributed by atoms with Crippen LogP contribution in [0.25, 0.3) is 0 Å². The van der Waals surface area contributed by atoms with Gasteiger partial charge in [0.05, 0.1) is 10.6 Å². The summed E-state index contributed by atoms with van der Waals surface area (Å²) in [6, 6.07) is 10.6. The van der Waals surface area contributed by atoms with Crippen molar-refractivity contribution < 1.29 is 17.6 Å². The second-order valence-electron chi connectivity index (χ2n) is 5.87. The van der Waals surface area contributed by atoms with E-state index in [9.17, 15) is 17.6 Å². The Morgan fingerprint density at radius 1 is 1.25 bits per heavy atom. The van der Waals surface area contributed by atoms with E-state index in [4.69, 9.17) is 11.6 Å². The lowest BCUT2D eigenvalue weighted by Crippen LogP contribution is -2.16. The maximum Gasteiger partial charge on any atom is 0.228 e. The fourth-order valence-corrected chi connectivity index (χ4v) is 3.58. The molecule has 0 aliphatic heterocycles. The van der Waals surface area contributed by atoms with Gasteiger partial charge in [-0.15, -0.1) is 0 Å². The molecule has 0 heterocycles. The minimum absolute atomic E-state index is 0.000137. The smallest absolute Gasteiger partial charge is 0.228 e. The monoisotopic (exact) mass is 367 g/mol. The first-order valence-electron chi connectivity index (χ1n) is 7.32. The van der Waals surface area contributed by atoms with Gasteiger partial charge < -0.3 is 5.32 Å². The first-order chi connectivity index (χ1) is 11.3. The zero-order valence-corrected chi connectivity index (χ0v) is 14.4. The Balaban J connectivity index is 1.76. The summed E-state index contributed by atoms with van der Waals surface area (Å²) in [5.74, 6) is -1.32. The molecule has 0 spiro atoms. The van der Waals surface area contributed by atoms with Crippen molar-refractivity contribution >= 4 is 33.0 Å². The summed E-state index contributed by atoms with van der Waals surface area (Å²) in [4.78, 5) is 12.3. The van der Waals surface area contributed by atoms with Crippen LogP contribution < -0.4 is 5.32 Å². The maximum atomic E-state index is 13.9. The van der Waals surface area contributed by atoms with Gasteiger partial charge in [0.15, 0.2) is 9.84 Å². The zero-order chi connectivity index (χ0) is 17.5. The van der Waals surface area contributed by atoms with Crippen LogP contribution in [0.15, 0.2) is 47.4 Å². The van der Waals surface area contributed by atoms with Crippen LogP contribution in [0.5, 0.6) is 0 Å². The third-order valence-corrected chi connectivity index (χ3v) is 5.51. The van der Waals surface area contributed by atoms with Crippen molar-refractivity contribution in [2.45, 2.75) is 17.2 Å². The maximum absolute atomic E-state index is 13.9. The van der Waals surface area contributed by atoms with Crippen LogP contribution >= 0.6 is 11.6 Å². The van der Waals surface area contributed by atoms with E-state index in [0.717, 1.165) is 24.0 Å². The van der Waals surface area contributed by atoms with Crippen molar-refractivity contribution in [3.8, 4) is 0 Å². The number of hydrogen-bond donors (Lipinski definition) is 1. The van der Waals surface area contributed by atoms with Crippen molar-refractivity contribution in [1.29, 1.82) is 0 Å². The van der Waals surface area contributed by atoms with E-state index in [1.165, 1.54) is 6.07 Å². The van der Waals surface area contributed by atoms with Gasteiger partial charge >= 0.3 is 0 Å². The van der Waals surface area contributed by atoms with Gasteiger partial charge in [0.1, 0.15) is 5.82 Å². The minimum Gasteiger partial charge on any atom is -0.323 e. The molecule has 3 rings (SSSR count). The second-order valence-corrected chi connectivity index (χ2v) is 8.30. The van der Waals surface area contributed by atoms with Crippen LogP contribution in [0.3, 0.4) is 0 Å². The third-order valence-electron chi connectivity index (χ3n) is 4.06. The number of carbonyl (C=O) groups excluding carboxylic acids is 1. The van der Waals surface area contributed by atoms with Gasteiger partial charge in [-0.25, -0.2) is 12.8 Å². The molecule has 2 aromatic rings. The number of sulfone groups is 1. The largest absolute Gasteiger partial charge is 0.323 e. The van der Waals surface area contributed by atoms with Crippen LogP contribution in [-0.2, 0) is 14.6 Å². The van der Waals surface area contributed by atoms with Gasteiger partial charge in [-0.3, -0.25) is 4.79 Å². The first-order valence-corrected chi connectivity index (χ1v) is 9.59. The number of amides is 1. The molecule has 1 saturated carbocycles. The summed E-state index contributed by atoms with van der Waals surface area (Å²) < 4.78 is 37.0. The number of carbonyl (C=O) groups is 1. The predicted octanol–water partition coefficient (Wildman–Crippen LogP) is 3.62. The molecule has 4 nitrogen and oxygen atoms in total. The van der Waals surface area contributed by atoms with E-state index in [1.807, 2.05) is 18.2 Å². The SMILES string of the molecule is CS(=O)(=O)c1ccc(F)c(NC(=O)C2CC2c2ccccc2Cl)c1. The van der Waals surface area contributed by atoms with Crippen LogP contribution in [0.4, 0.5) is 10.1 Å². The van der Waals surface area contributed by atoms with E-state index in [2.05, 4.69) is 5.32 Å². The summed E-state index contributed by atoms with van der Waals surface area (Å²) in [7, 11) is -3.48. The van der Waals surface area contributed by atoms with E-state index in [1.54, 1.807) is 6.07 Å². The van der Waals surface area contributed by atoms with Crippen molar-refractivity contribution in [3.63, 3.8) is 0 Å². The molecule has 2 unspecified atom stereocenters. The highest BCUT2D eigenvalue weighted by Gasteiger charge is 2.44. The Morgan fingerprint density at radius 3 is 2.62 bits per heavy atom. The van der Waals surface area contributed by atoms with E-state index < -0.39 is 15.7 Å². The quantitative estimate of drug-likeness (QED) is 0.839. The summed E-state index contributed by atoms with van der Waals surface area (Å²) >= 11 is 6.13. The molecule has 1 amide bonds. The molecule has 1 aliphatic carbocycles. The Bertz CT molecular complexity index is 914. The molecule has 2 aromatic carbocycles. The molecule has 2 atom stereocenters. The molecule has 0 radical (unpaired) electrons. The highest BCUT2D eigenvalue weighted by atomic mass is 35.5. The number of benzene rings is 2. The third kappa shape index (κ3) is 3.44. The van der Waals surface area contributed by atoms with Gasteiger partial charge in [0, 0.05) is 17.2 Å². The number of halogens is 2. The molecule has 1 aliphatic rings. The Labute approximate surface area is 144 Å². The summed E-state index contributed by atoms with van der Waals surface area (Å²) in [5.41, 5.74) is 0.761. The molecule has 0 aromatic heterocycles. The average Bonchev–Trinajstić information content (AvgIpc) is 3.29. The van der Waals surface area contributed by atoms with Crippen LogP contribution in [0.1, 0.15) is 17.9 Å². The molecular formula is C17H15ClFNO3S. The molecule has 24 heavy (non-hydrogen) atoms. The lowest BCUT2D eigenvalue weighted by atomic mass is 10.1. The van der Waals surface area contributed by atoms with E-state index in [-0.39, 0.29) is 28.3 Å². The minimum atomic E-state index is -3.48. The van der Waals surface area contributed by atoms with Crippen LogP contribution in [0.2, 0.25) is 5.02 Å². The zero-order valence-electron chi connectivity index (χ0n) is 12.8. The summed E-state index contributed by atoms with van der Waals surface area (Å²) in [6.07, 6.45) is 1.66. The molecule has 1 fully saturated rings.